The monoisotopic (exact) mass is 505 g/mol. The van der Waals surface area contributed by atoms with E-state index in [0.29, 0.717) is 18.6 Å². The molecule has 0 aliphatic carbocycles. The molecule has 11 nitrogen and oxygen atoms in total. The van der Waals surface area contributed by atoms with E-state index < -0.39 is 48.5 Å². The maximum absolute atomic E-state index is 12.4. The minimum absolute atomic E-state index is 0.0366. The average Bonchev–Trinajstić information content (AvgIpc) is 2.78. The number of nitro benzene ring substituents is 1. The van der Waals surface area contributed by atoms with Crippen molar-refractivity contribution in [2.24, 2.45) is 11.8 Å². The lowest BCUT2D eigenvalue weighted by molar-refractivity contribution is -0.384. The van der Waals surface area contributed by atoms with Crippen molar-refractivity contribution in [1.82, 2.24) is 5.32 Å². The van der Waals surface area contributed by atoms with Crippen molar-refractivity contribution < 1.29 is 28.8 Å². The van der Waals surface area contributed by atoms with Gasteiger partial charge in [0.05, 0.1) is 16.9 Å². The zero-order valence-electron chi connectivity index (χ0n) is 20.9. The van der Waals surface area contributed by atoms with Gasteiger partial charge in [0.15, 0.2) is 13.3 Å². The van der Waals surface area contributed by atoms with Crippen LogP contribution in [0.3, 0.4) is 0 Å². The summed E-state index contributed by atoms with van der Waals surface area (Å²) in [6.07, 6.45) is 0.455. The van der Waals surface area contributed by atoms with Crippen LogP contribution in [0.4, 0.5) is 5.69 Å². The van der Waals surface area contributed by atoms with Crippen LogP contribution in [0.25, 0.3) is 4.98 Å². The Hall–Kier alpha value is -3.30. The highest BCUT2D eigenvalue weighted by molar-refractivity contribution is 6.74. The first-order chi connectivity index (χ1) is 16.2. The molecule has 3 atom stereocenters. The van der Waals surface area contributed by atoms with Gasteiger partial charge in [0.2, 0.25) is 17.1 Å². The van der Waals surface area contributed by atoms with Gasteiger partial charge in [0, 0.05) is 24.7 Å². The number of carbonyl (C=O) groups excluding carboxylic acids is 2. The summed E-state index contributed by atoms with van der Waals surface area (Å²) in [5.74, 6) is -2.90. The highest BCUT2D eigenvalue weighted by Gasteiger charge is 2.47. The van der Waals surface area contributed by atoms with Crippen molar-refractivity contribution in [3.63, 3.8) is 0 Å². The predicted octanol–water partition coefficient (Wildman–Crippen LogP) is 4.42. The van der Waals surface area contributed by atoms with Gasteiger partial charge in [-0.2, -0.15) is 0 Å². The van der Waals surface area contributed by atoms with E-state index in [1.165, 1.54) is 24.3 Å². The average molecular weight is 506 g/mol. The van der Waals surface area contributed by atoms with Gasteiger partial charge in [-0.25, -0.2) is 4.79 Å². The second kappa shape index (κ2) is 11.0. The number of esters is 1. The fourth-order valence-electron chi connectivity index (χ4n) is 3.39. The van der Waals surface area contributed by atoms with E-state index in [-0.39, 0.29) is 23.2 Å². The number of hydrogen-bond acceptors (Lipinski definition) is 8. The number of carbonyl (C=O) groups is 2. The minimum atomic E-state index is -1.97. The Labute approximate surface area is 205 Å². The van der Waals surface area contributed by atoms with Crippen LogP contribution in [0.2, 0.25) is 18.1 Å². The number of amides is 1. The first-order valence-electron chi connectivity index (χ1n) is 11.3. The second-order valence-corrected chi connectivity index (χ2v) is 15.0. The Morgan fingerprint density at radius 3 is 2.40 bits per heavy atom. The van der Waals surface area contributed by atoms with E-state index in [4.69, 9.17) is 9.16 Å². The number of diazo groups is 1. The largest absolute Gasteiger partial charge is 0.505 e. The van der Waals surface area contributed by atoms with E-state index in [1.54, 1.807) is 6.92 Å². The first kappa shape index (κ1) is 27.9. The number of nitro groups is 1. The van der Waals surface area contributed by atoms with Gasteiger partial charge < -0.3 is 19.6 Å². The van der Waals surface area contributed by atoms with Crippen LogP contribution < -0.4 is 5.32 Å². The van der Waals surface area contributed by atoms with Gasteiger partial charge in [0.25, 0.3) is 5.69 Å². The quantitative estimate of drug-likeness (QED) is 0.0691. The fourth-order valence-corrected chi connectivity index (χ4v) is 4.46. The molecule has 1 fully saturated rings. The normalized spacial score (nSPS) is 19.5. The van der Waals surface area contributed by atoms with Crippen molar-refractivity contribution >= 4 is 25.9 Å². The second-order valence-electron chi connectivity index (χ2n) is 10.2. The summed E-state index contributed by atoms with van der Waals surface area (Å²) in [6.45, 7) is 12.4. The molecule has 0 unspecified atom stereocenters. The van der Waals surface area contributed by atoms with Gasteiger partial charge in [-0.3, -0.25) is 14.9 Å². The maximum atomic E-state index is 12.4. The molecule has 0 bridgehead atoms. The van der Waals surface area contributed by atoms with Crippen LogP contribution in [0.15, 0.2) is 35.7 Å². The van der Waals surface area contributed by atoms with Gasteiger partial charge in [0.1, 0.15) is 6.61 Å². The molecule has 1 amide bonds. The maximum Gasteiger partial charge on any atom is 0.505 e. The van der Waals surface area contributed by atoms with Crippen LogP contribution in [-0.2, 0) is 25.4 Å². The molecule has 35 heavy (non-hydrogen) atoms. The number of nitrogens with one attached hydrogen (secondary N) is 1. The number of aliphatic hydroxyl groups excluding tert-OH is 1. The zero-order chi connectivity index (χ0) is 26.6. The summed E-state index contributed by atoms with van der Waals surface area (Å²) in [7, 11) is -1.97. The van der Waals surface area contributed by atoms with E-state index in [2.05, 4.69) is 44.2 Å². The van der Waals surface area contributed by atoms with Gasteiger partial charge in [-0.15, -0.1) is 0 Å². The zero-order valence-corrected chi connectivity index (χ0v) is 21.9. The number of ether oxygens (including phenoxy) is 1. The standard InChI is InChI=1S/C23H32N4O7Si/c1-14(18-17(21(29)25-18)11-12-34-35(5,6)23(2,3)4)20(28)19(26-24)22(30)33-13-15-7-9-16(10-8-15)27(31)32/h7-10,14,17-18H,11-13H2,1-6H3,(H-,25,28,29,30)/p+1/t14-,17-,18-/m1/s1. The third kappa shape index (κ3) is 6.64. The lowest BCUT2D eigenvalue weighted by Crippen LogP contribution is -2.61. The highest BCUT2D eigenvalue weighted by atomic mass is 28.4. The predicted molar refractivity (Wildman–Crippen MR) is 130 cm³/mol. The number of hydrogen-bond donors (Lipinski definition) is 2. The summed E-state index contributed by atoms with van der Waals surface area (Å²) < 4.78 is 11.2. The third-order valence-electron chi connectivity index (χ3n) is 6.80. The van der Waals surface area contributed by atoms with Crippen molar-refractivity contribution in [2.75, 3.05) is 6.61 Å². The lowest BCUT2D eigenvalue weighted by atomic mass is 9.79. The number of aliphatic hydroxyl groups is 1. The Morgan fingerprint density at radius 2 is 1.91 bits per heavy atom. The van der Waals surface area contributed by atoms with Crippen LogP contribution in [0, 0.1) is 27.3 Å². The smallest absolute Gasteiger partial charge is 0.504 e. The number of benzene rings is 1. The minimum Gasteiger partial charge on any atom is -0.504 e. The Balaban J connectivity index is 2.02. The van der Waals surface area contributed by atoms with Crippen molar-refractivity contribution in [1.29, 1.82) is 5.39 Å². The van der Waals surface area contributed by atoms with Crippen LogP contribution in [0.1, 0.15) is 39.7 Å². The number of nitrogens with zero attached hydrogens (tertiary/aromatic N) is 3. The van der Waals surface area contributed by atoms with Gasteiger partial charge in [-0.1, -0.05) is 27.7 Å². The molecule has 1 aliphatic heterocycles. The molecule has 2 rings (SSSR count). The third-order valence-corrected chi connectivity index (χ3v) is 11.3. The topological polar surface area (TPSA) is 156 Å². The summed E-state index contributed by atoms with van der Waals surface area (Å²) in [5, 5.41) is 33.5. The van der Waals surface area contributed by atoms with Crippen LogP contribution in [-0.4, -0.2) is 42.9 Å². The summed E-state index contributed by atoms with van der Waals surface area (Å²) in [6, 6.07) is 4.92. The molecule has 0 spiro atoms. The van der Waals surface area contributed by atoms with E-state index in [9.17, 15) is 30.2 Å². The Morgan fingerprint density at radius 1 is 1.31 bits per heavy atom. The SMILES string of the molecule is C[C@@H](/C(O)=C(\[N+]#N)C(=O)OCc1ccc([N+](=O)[O-])cc1)[C@H]1NC(=O)[C@@H]1CCO[Si](C)(C)C(C)(C)C. The van der Waals surface area contributed by atoms with E-state index in [0.717, 1.165) is 0 Å². The molecule has 1 aliphatic rings. The molecule has 0 saturated carbocycles. The molecule has 0 aromatic heterocycles. The van der Waals surface area contributed by atoms with Gasteiger partial charge >= 0.3 is 11.7 Å². The van der Waals surface area contributed by atoms with Crippen molar-refractivity contribution in [3.8, 4) is 0 Å². The molecule has 190 valence electrons. The highest BCUT2D eigenvalue weighted by Crippen LogP contribution is 2.37. The van der Waals surface area contributed by atoms with Crippen molar-refractivity contribution in [2.45, 2.75) is 64.9 Å². The van der Waals surface area contributed by atoms with E-state index in [1.807, 2.05) is 0 Å². The van der Waals surface area contributed by atoms with Crippen LogP contribution in [0.5, 0.6) is 0 Å². The molecule has 2 N–H and O–H groups in total. The molecule has 0 radical (unpaired) electrons. The van der Waals surface area contributed by atoms with E-state index >= 15 is 0 Å². The molecule has 1 aromatic carbocycles. The summed E-state index contributed by atoms with van der Waals surface area (Å²) in [4.78, 5) is 37.7. The molecular formula is C23H33N4O7Si+. The molecule has 12 heteroatoms. The number of non-ortho nitro benzene ring substituents is 1. The number of rotatable bonds is 10. The summed E-state index contributed by atoms with van der Waals surface area (Å²) >= 11 is 0. The fraction of sp³-hybridized carbons (Fsp3) is 0.565. The molecule has 1 saturated heterocycles. The summed E-state index contributed by atoms with van der Waals surface area (Å²) in [5.41, 5.74) is -0.303. The molecular weight excluding hydrogens is 472 g/mol. The Kier molecular flexibility index (Phi) is 8.75. The lowest BCUT2D eigenvalue weighted by Gasteiger charge is -2.41. The first-order valence-corrected chi connectivity index (χ1v) is 14.2. The van der Waals surface area contributed by atoms with Crippen molar-refractivity contribution in [3.05, 3.63) is 56.4 Å². The van der Waals surface area contributed by atoms with Gasteiger partial charge in [-0.05, 0) is 42.2 Å². The number of β-lactam (4-membered cyclic amide) rings is 1. The molecule has 1 heterocycles. The molecule has 1 aromatic rings. The Bertz CT molecular complexity index is 1040. The van der Waals surface area contributed by atoms with Crippen LogP contribution >= 0.6 is 0 Å².